The minimum Gasteiger partial charge on any atom is -0.445 e. The number of nitrogens with two attached hydrogens (primary N) is 1. The molecule has 21 heavy (non-hydrogen) atoms. The van der Waals surface area contributed by atoms with Crippen molar-refractivity contribution in [3.63, 3.8) is 0 Å². The van der Waals surface area contributed by atoms with Gasteiger partial charge in [-0.3, -0.25) is 14.3 Å². The largest absolute Gasteiger partial charge is 0.445 e. The van der Waals surface area contributed by atoms with Crippen molar-refractivity contribution < 1.29 is 14.6 Å². The normalized spacial score (nSPS) is 25.0. The van der Waals surface area contributed by atoms with Gasteiger partial charge >= 0.3 is 11.8 Å². The highest BCUT2D eigenvalue weighted by Gasteiger charge is 2.38. The van der Waals surface area contributed by atoms with Crippen LogP contribution < -0.4 is 17.0 Å². The number of hydrogen-bond acceptors (Lipinski definition) is 6. The van der Waals surface area contributed by atoms with E-state index in [4.69, 9.17) is 10.5 Å². The lowest BCUT2D eigenvalue weighted by Gasteiger charge is -2.14. The molecule has 9 heteroatoms. The molecule has 2 rings (SSSR count). The number of thioether (sulfide) groups is 1. The molecule has 116 valence electrons. The standard InChI is InChI=1S/C12H17N3O5S/c1-2-6-4-15(12(19)14-10(6)17)9-3-7(20-11(13)18)8(5-16)21-9/h4,7-9,16H,2-3,5H2,1H3,(H2,13,18)(H,14,17,19)/t7-,8+,9+/m0/s1. The van der Waals surface area contributed by atoms with Crippen molar-refractivity contribution in [2.24, 2.45) is 5.73 Å². The fourth-order valence-electron chi connectivity index (χ4n) is 2.30. The highest BCUT2D eigenvalue weighted by atomic mass is 32.2. The minimum absolute atomic E-state index is 0.197. The molecule has 1 amide bonds. The molecule has 0 radical (unpaired) electrons. The molecule has 1 aromatic rings. The predicted octanol–water partition coefficient (Wildman–Crippen LogP) is -0.441. The fourth-order valence-corrected chi connectivity index (χ4v) is 3.72. The van der Waals surface area contributed by atoms with Crippen molar-refractivity contribution in [1.29, 1.82) is 0 Å². The third-order valence-corrected chi connectivity index (χ3v) is 4.90. The van der Waals surface area contributed by atoms with Gasteiger partial charge in [0.1, 0.15) is 6.10 Å². The lowest BCUT2D eigenvalue weighted by Crippen LogP contribution is -2.33. The lowest BCUT2D eigenvalue weighted by molar-refractivity contribution is 0.0904. The van der Waals surface area contributed by atoms with Crippen molar-refractivity contribution in [1.82, 2.24) is 9.55 Å². The first-order chi connectivity index (χ1) is 9.96. The molecule has 3 atom stereocenters. The molecule has 2 heterocycles. The van der Waals surface area contributed by atoms with Gasteiger partial charge in [-0.2, -0.15) is 0 Å². The van der Waals surface area contributed by atoms with Gasteiger partial charge in [0, 0.05) is 18.2 Å². The van der Waals surface area contributed by atoms with Crippen LogP contribution in [0.3, 0.4) is 0 Å². The first kappa shape index (κ1) is 15.6. The second kappa shape index (κ2) is 6.35. The number of carbonyl (C=O) groups excluding carboxylic acids is 1. The number of aliphatic hydroxyl groups is 1. The maximum Gasteiger partial charge on any atom is 0.404 e. The Morgan fingerprint density at radius 2 is 2.33 bits per heavy atom. The number of nitrogens with one attached hydrogen (secondary N) is 1. The number of amides is 1. The summed E-state index contributed by atoms with van der Waals surface area (Å²) < 4.78 is 6.36. The molecule has 8 nitrogen and oxygen atoms in total. The molecule has 0 unspecified atom stereocenters. The van der Waals surface area contributed by atoms with Gasteiger partial charge in [-0.25, -0.2) is 9.59 Å². The number of aryl methyl sites for hydroxylation is 1. The summed E-state index contributed by atoms with van der Waals surface area (Å²) in [6.07, 6.45) is 0.875. The van der Waals surface area contributed by atoms with Crippen molar-refractivity contribution in [2.45, 2.75) is 36.5 Å². The van der Waals surface area contributed by atoms with E-state index in [1.54, 1.807) is 0 Å². The zero-order chi connectivity index (χ0) is 15.6. The van der Waals surface area contributed by atoms with Gasteiger partial charge in [-0.05, 0) is 6.42 Å². The summed E-state index contributed by atoms with van der Waals surface area (Å²) in [5.41, 5.74) is 4.58. The molecule has 1 fully saturated rings. The van der Waals surface area contributed by atoms with E-state index in [0.717, 1.165) is 0 Å². The maximum absolute atomic E-state index is 11.9. The summed E-state index contributed by atoms with van der Waals surface area (Å²) >= 11 is 1.31. The van der Waals surface area contributed by atoms with Crippen LogP contribution in [0.15, 0.2) is 15.8 Å². The van der Waals surface area contributed by atoms with E-state index in [9.17, 15) is 19.5 Å². The molecule has 0 aliphatic carbocycles. The Kier molecular flexibility index (Phi) is 4.73. The summed E-state index contributed by atoms with van der Waals surface area (Å²) in [5.74, 6) is 0. The fraction of sp³-hybridized carbons (Fsp3) is 0.583. The number of H-pyrrole nitrogens is 1. The molecule has 0 saturated carbocycles. The Labute approximate surface area is 124 Å². The summed E-state index contributed by atoms with van der Waals surface area (Å²) in [4.78, 5) is 36.6. The Balaban J connectivity index is 2.29. The third kappa shape index (κ3) is 3.30. The molecule has 1 saturated heterocycles. The van der Waals surface area contributed by atoms with Gasteiger partial charge in [-0.15, -0.1) is 11.8 Å². The van der Waals surface area contributed by atoms with Crippen molar-refractivity contribution in [3.05, 3.63) is 32.6 Å². The Bertz CT molecular complexity index is 641. The molecule has 1 aliphatic rings. The van der Waals surface area contributed by atoms with Crippen molar-refractivity contribution >= 4 is 17.9 Å². The van der Waals surface area contributed by atoms with Crippen LogP contribution in [0.5, 0.6) is 0 Å². The third-order valence-electron chi connectivity index (χ3n) is 3.36. The number of aliphatic hydroxyl groups excluding tert-OH is 1. The second-order valence-corrected chi connectivity index (χ2v) is 6.12. The van der Waals surface area contributed by atoms with Gasteiger partial charge < -0.3 is 15.6 Å². The lowest BCUT2D eigenvalue weighted by atomic mass is 10.2. The maximum atomic E-state index is 11.9. The molecule has 1 aromatic heterocycles. The first-order valence-corrected chi connectivity index (χ1v) is 7.47. The molecule has 4 N–H and O–H groups in total. The average molecular weight is 315 g/mol. The molecule has 0 spiro atoms. The first-order valence-electron chi connectivity index (χ1n) is 6.53. The van der Waals surface area contributed by atoms with Gasteiger partial charge in [-0.1, -0.05) is 6.92 Å². The van der Waals surface area contributed by atoms with E-state index < -0.39 is 23.4 Å². The Morgan fingerprint density at radius 1 is 1.62 bits per heavy atom. The highest BCUT2D eigenvalue weighted by Crippen LogP contribution is 2.42. The van der Waals surface area contributed by atoms with E-state index in [0.29, 0.717) is 18.4 Å². The van der Waals surface area contributed by atoms with Crippen LogP contribution in [0, 0.1) is 0 Å². The van der Waals surface area contributed by atoms with Gasteiger partial charge in [0.05, 0.1) is 17.2 Å². The SMILES string of the molecule is CCc1cn([C@H]2C[C@H](OC(N)=O)[C@@H](CO)S2)c(=O)[nH]c1=O. The summed E-state index contributed by atoms with van der Waals surface area (Å²) in [6, 6.07) is 0. The van der Waals surface area contributed by atoms with Gasteiger partial charge in [0.15, 0.2) is 0 Å². The van der Waals surface area contributed by atoms with E-state index in [1.165, 1.54) is 22.5 Å². The highest BCUT2D eigenvalue weighted by molar-refractivity contribution is 8.00. The number of rotatable bonds is 4. The topological polar surface area (TPSA) is 127 Å². The van der Waals surface area contributed by atoms with Crippen LogP contribution in [0.2, 0.25) is 0 Å². The number of primary amides is 1. The average Bonchev–Trinajstić information content (AvgIpc) is 2.81. The van der Waals surface area contributed by atoms with E-state index in [1.807, 2.05) is 6.92 Å². The summed E-state index contributed by atoms with van der Waals surface area (Å²) in [7, 11) is 0. The zero-order valence-electron chi connectivity index (χ0n) is 11.4. The smallest absolute Gasteiger partial charge is 0.404 e. The molecule has 1 aliphatic heterocycles. The molecule has 0 bridgehead atoms. The zero-order valence-corrected chi connectivity index (χ0v) is 12.3. The molecular formula is C12H17N3O5S. The van der Waals surface area contributed by atoms with E-state index >= 15 is 0 Å². The number of hydrogen-bond donors (Lipinski definition) is 3. The van der Waals surface area contributed by atoms with Crippen LogP contribution in [-0.4, -0.2) is 38.7 Å². The Morgan fingerprint density at radius 3 is 2.90 bits per heavy atom. The number of aromatic nitrogens is 2. The van der Waals surface area contributed by atoms with Crippen molar-refractivity contribution in [3.8, 4) is 0 Å². The number of aromatic amines is 1. The van der Waals surface area contributed by atoms with Crippen LogP contribution in [0.4, 0.5) is 4.79 Å². The minimum atomic E-state index is -0.914. The van der Waals surface area contributed by atoms with Crippen molar-refractivity contribution in [2.75, 3.05) is 6.61 Å². The quantitative estimate of drug-likeness (QED) is 0.691. The van der Waals surface area contributed by atoms with E-state index in [-0.39, 0.29) is 17.2 Å². The van der Waals surface area contributed by atoms with Crippen LogP contribution in [-0.2, 0) is 11.2 Å². The summed E-state index contributed by atoms with van der Waals surface area (Å²) in [6.45, 7) is 1.62. The number of carbonyl (C=O) groups is 1. The Hall–Kier alpha value is -1.74. The molecular weight excluding hydrogens is 298 g/mol. The summed E-state index contributed by atoms with van der Waals surface area (Å²) in [5, 5.41) is 8.64. The van der Waals surface area contributed by atoms with E-state index in [2.05, 4.69) is 4.98 Å². The van der Waals surface area contributed by atoms with Gasteiger partial charge in [0.25, 0.3) is 5.56 Å². The second-order valence-electron chi connectivity index (χ2n) is 4.70. The molecule has 0 aromatic carbocycles. The van der Waals surface area contributed by atoms with Gasteiger partial charge in [0.2, 0.25) is 0 Å². The van der Waals surface area contributed by atoms with Crippen LogP contribution in [0.1, 0.15) is 24.3 Å². The number of ether oxygens (including phenoxy) is 1. The predicted molar refractivity (Wildman–Crippen MR) is 77.3 cm³/mol. The monoisotopic (exact) mass is 315 g/mol. The van der Waals surface area contributed by atoms with Crippen LogP contribution >= 0.6 is 11.8 Å². The van der Waals surface area contributed by atoms with Crippen LogP contribution in [0.25, 0.3) is 0 Å². The number of nitrogens with zero attached hydrogens (tertiary/aromatic N) is 1.